The highest BCUT2D eigenvalue weighted by atomic mass is 16.7. The first-order chi connectivity index (χ1) is 14.8. The van der Waals surface area contributed by atoms with E-state index in [1.165, 1.54) is 11.1 Å². The highest BCUT2D eigenvalue weighted by Gasteiger charge is 2.25. The molecule has 0 radical (unpaired) electrons. The van der Waals surface area contributed by atoms with Gasteiger partial charge >= 0.3 is 0 Å². The maximum absolute atomic E-state index is 5.93. The second-order valence-corrected chi connectivity index (χ2v) is 8.10. The third kappa shape index (κ3) is 6.22. The quantitative estimate of drug-likeness (QED) is 0.300. The fraction of sp³-hybridized carbons (Fsp3) is 0.407. The lowest BCUT2D eigenvalue weighted by Crippen LogP contribution is -2.21. The van der Waals surface area contributed by atoms with Crippen molar-refractivity contribution in [3.8, 4) is 11.5 Å². The second kappa shape index (κ2) is 11.2. The molecule has 168 valence electrons. The lowest BCUT2D eigenvalue weighted by atomic mass is 9.76. The molecule has 2 unspecified atom stereocenters. The third-order valence-corrected chi connectivity index (χ3v) is 5.54. The first-order valence-corrected chi connectivity index (χ1v) is 10.6. The first-order valence-electron chi connectivity index (χ1n) is 10.6. The van der Waals surface area contributed by atoms with Crippen molar-refractivity contribution < 1.29 is 18.9 Å². The van der Waals surface area contributed by atoms with Crippen LogP contribution < -0.4 is 9.47 Å². The Labute approximate surface area is 187 Å². The van der Waals surface area contributed by atoms with Crippen LogP contribution in [-0.2, 0) is 27.7 Å². The maximum Gasteiger partial charge on any atom is 0.196 e. The minimum absolute atomic E-state index is 0.220. The van der Waals surface area contributed by atoms with Crippen molar-refractivity contribution in [2.24, 2.45) is 0 Å². The standard InChI is InChI=1S/C27H36O4/c1-9-11-21-17-23(13-15-25(21)30-19(3)28-7)27(5,6)24-14-16-26(31-20(4)29-8)22(18-24)12-10-2/h9-10,13-20H,1-2,11-12H2,3-8H3. The molecule has 2 aromatic rings. The Morgan fingerprint density at radius 3 is 1.48 bits per heavy atom. The number of hydrogen-bond acceptors (Lipinski definition) is 4. The van der Waals surface area contributed by atoms with Crippen LogP contribution in [0, 0.1) is 0 Å². The van der Waals surface area contributed by atoms with Gasteiger partial charge in [0, 0.05) is 19.6 Å². The average molecular weight is 425 g/mol. The van der Waals surface area contributed by atoms with E-state index in [1.54, 1.807) is 14.2 Å². The summed E-state index contributed by atoms with van der Waals surface area (Å²) in [5, 5.41) is 0. The topological polar surface area (TPSA) is 36.9 Å². The van der Waals surface area contributed by atoms with Crippen LogP contribution in [-0.4, -0.2) is 26.8 Å². The fourth-order valence-corrected chi connectivity index (χ4v) is 3.42. The molecule has 0 heterocycles. The molecule has 0 spiro atoms. The third-order valence-electron chi connectivity index (χ3n) is 5.54. The van der Waals surface area contributed by atoms with Crippen LogP contribution in [0.4, 0.5) is 0 Å². The molecule has 0 aromatic heterocycles. The minimum atomic E-state index is -0.314. The largest absolute Gasteiger partial charge is 0.465 e. The monoisotopic (exact) mass is 424 g/mol. The van der Waals surface area contributed by atoms with Crippen molar-refractivity contribution >= 4 is 0 Å². The van der Waals surface area contributed by atoms with E-state index >= 15 is 0 Å². The van der Waals surface area contributed by atoms with E-state index in [1.807, 2.05) is 38.1 Å². The summed E-state index contributed by atoms with van der Waals surface area (Å²) in [6, 6.07) is 12.7. The van der Waals surface area contributed by atoms with E-state index in [2.05, 4.69) is 51.3 Å². The Morgan fingerprint density at radius 2 is 1.16 bits per heavy atom. The van der Waals surface area contributed by atoms with Gasteiger partial charge in [-0.2, -0.15) is 0 Å². The van der Waals surface area contributed by atoms with Crippen molar-refractivity contribution in [2.75, 3.05) is 14.2 Å². The molecule has 0 aliphatic carbocycles. The molecule has 0 N–H and O–H groups in total. The summed E-state index contributed by atoms with van der Waals surface area (Å²) in [5.74, 6) is 1.64. The Hall–Kier alpha value is -2.56. The molecule has 2 atom stereocenters. The Bertz CT molecular complexity index is 813. The molecular formula is C27H36O4. The molecule has 0 saturated heterocycles. The smallest absolute Gasteiger partial charge is 0.196 e. The number of allylic oxidation sites excluding steroid dienone is 2. The van der Waals surface area contributed by atoms with Crippen molar-refractivity contribution in [3.05, 3.63) is 84.0 Å². The van der Waals surface area contributed by atoms with Crippen LogP contribution in [0.1, 0.15) is 49.9 Å². The molecule has 2 rings (SSSR count). The van der Waals surface area contributed by atoms with Crippen molar-refractivity contribution in [2.45, 2.75) is 58.5 Å². The number of methoxy groups -OCH3 is 2. The van der Waals surface area contributed by atoms with Crippen LogP contribution in [0.5, 0.6) is 11.5 Å². The van der Waals surface area contributed by atoms with Gasteiger partial charge in [0.1, 0.15) is 11.5 Å². The summed E-state index contributed by atoms with van der Waals surface area (Å²) in [7, 11) is 3.27. The lowest BCUT2D eigenvalue weighted by Gasteiger charge is -2.29. The van der Waals surface area contributed by atoms with Gasteiger partial charge in [-0.15, -0.1) is 13.2 Å². The van der Waals surface area contributed by atoms with Crippen LogP contribution in [0.2, 0.25) is 0 Å². The molecule has 0 amide bonds. The molecule has 4 nitrogen and oxygen atoms in total. The minimum Gasteiger partial charge on any atom is -0.465 e. The highest BCUT2D eigenvalue weighted by molar-refractivity contribution is 5.48. The normalized spacial score (nSPS) is 13.4. The van der Waals surface area contributed by atoms with Crippen molar-refractivity contribution in [1.29, 1.82) is 0 Å². The zero-order chi connectivity index (χ0) is 23.0. The number of rotatable bonds is 12. The Morgan fingerprint density at radius 1 is 0.774 bits per heavy atom. The predicted octanol–water partition coefficient (Wildman–Crippen LogP) is 6.21. The second-order valence-electron chi connectivity index (χ2n) is 8.10. The van der Waals surface area contributed by atoms with Gasteiger partial charge in [0.25, 0.3) is 0 Å². The van der Waals surface area contributed by atoms with Crippen LogP contribution in [0.15, 0.2) is 61.7 Å². The van der Waals surface area contributed by atoms with Gasteiger partial charge in [-0.05, 0) is 61.1 Å². The maximum atomic E-state index is 5.93. The number of ether oxygens (including phenoxy) is 4. The lowest BCUT2D eigenvalue weighted by molar-refractivity contribution is -0.0390. The zero-order valence-electron chi connectivity index (χ0n) is 19.7. The summed E-state index contributed by atoms with van der Waals surface area (Å²) in [6.45, 7) is 16.0. The molecular weight excluding hydrogens is 388 g/mol. The summed E-state index contributed by atoms with van der Waals surface area (Å²) >= 11 is 0. The molecule has 4 heteroatoms. The van der Waals surface area contributed by atoms with Crippen LogP contribution >= 0.6 is 0 Å². The number of hydrogen-bond donors (Lipinski definition) is 0. The number of benzene rings is 2. The summed E-state index contributed by atoms with van der Waals surface area (Å²) in [6.07, 6.45) is 4.60. The zero-order valence-corrected chi connectivity index (χ0v) is 19.7. The Kier molecular flexibility index (Phi) is 8.90. The van der Waals surface area contributed by atoms with Gasteiger partial charge < -0.3 is 18.9 Å². The summed E-state index contributed by atoms with van der Waals surface area (Å²) < 4.78 is 22.4. The summed E-state index contributed by atoms with van der Waals surface area (Å²) in [5.41, 5.74) is 4.35. The molecule has 2 aromatic carbocycles. The van der Waals surface area contributed by atoms with Gasteiger partial charge in [-0.3, -0.25) is 0 Å². The molecule has 0 aliphatic heterocycles. The molecule has 0 bridgehead atoms. The van der Waals surface area contributed by atoms with E-state index in [0.29, 0.717) is 0 Å². The van der Waals surface area contributed by atoms with Crippen molar-refractivity contribution in [3.63, 3.8) is 0 Å². The highest BCUT2D eigenvalue weighted by Crippen LogP contribution is 2.37. The van der Waals surface area contributed by atoms with Gasteiger partial charge in [-0.1, -0.05) is 50.3 Å². The molecule has 0 fully saturated rings. The molecule has 31 heavy (non-hydrogen) atoms. The predicted molar refractivity (Wildman–Crippen MR) is 127 cm³/mol. The van der Waals surface area contributed by atoms with Crippen LogP contribution in [0.3, 0.4) is 0 Å². The van der Waals surface area contributed by atoms with Gasteiger partial charge in [0.2, 0.25) is 0 Å². The van der Waals surface area contributed by atoms with Crippen LogP contribution in [0.25, 0.3) is 0 Å². The van der Waals surface area contributed by atoms with Gasteiger partial charge in [0.15, 0.2) is 12.6 Å². The van der Waals surface area contributed by atoms with E-state index in [9.17, 15) is 0 Å². The average Bonchev–Trinajstić information content (AvgIpc) is 2.76. The molecule has 0 saturated carbocycles. The van der Waals surface area contributed by atoms with Gasteiger partial charge in [0.05, 0.1) is 0 Å². The van der Waals surface area contributed by atoms with E-state index in [4.69, 9.17) is 18.9 Å². The van der Waals surface area contributed by atoms with Crippen molar-refractivity contribution in [1.82, 2.24) is 0 Å². The summed E-state index contributed by atoms with van der Waals surface area (Å²) in [4.78, 5) is 0. The molecule has 0 aliphatic rings. The SMILES string of the molecule is C=CCc1cc(C(C)(C)c2ccc(OC(C)OC)c(CC=C)c2)ccc1OC(C)OC. The first kappa shape index (κ1) is 24.7. The van der Waals surface area contributed by atoms with Gasteiger partial charge in [-0.25, -0.2) is 0 Å². The Balaban J connectivity index is 2.45. The fourth-order valence-electron chi connectivity index (χ4n) is 3.42. The van der Waals surface area contributed by atoms with E-state index in [0.717, 1.165) is 35.5 Å². The van der Waals surface area contributed by atoms with E-state index in [-0.39, 0.29) is 18.0 Å². The van der Waals surface area contributed by atoms with E-state index < -0.39 is 0 Å².